The van der Waals surface area contributed by atoms with E-state index in [1.54, 1.807) is 0 Å². The van der Waals surface area contributed by atoms with Crippen molar-refractivity contribution < 1.29 is 19.1 Å². The number of alkyl halides is 1. The predicted octanol–water partition coefficient (Wildman–Crippen LogP) is 12.4. The van der Waals surface area contributed by atoms with Gasteiger partial charge in [0.25, 0.3) is 0 Å². The summed E-state index contributed by atoms with van der Waals surface area (Å²) in [4.78, 5) is 31.6. The number of unbranched alkanes of at least 4 members (excludes halogenated alkanes) is 23. The summed E-state index contributed by atoms with van der Waals surface area (Å²) in [6, 6.07) is 0. The van der Waals surface area contributed by atoms with Gasteiger partial charge in [0.1, 0.15) is 6.10 Å². The van der Waals surface area contributed by atoms with Gasteiger partial charge in [0, 0.05) is 19.4 Å². The molecule has 0 aliphatic heterocycles. The van der Waals surface area contributed by atoms with E-state index in [9.17, 15) is 9.59 Å². The van der Waals surface area contributed by atoms with Crippen molar-refractivity contribution in [2.45, 2.75) is 232 Å². The highest BCUT2D eigenvalue weighted by Gasteiger charge is 2.14. The normalized spacial score (nSPS) is 11.9. The number of rotatable bonds is 43. The average Bonchev–Trinajstić information content (AvgIpc) is 3.15. The molecule has 0 aromatic rings. The van der Waals surface area contributed by atoms with Crippen LogP contribution >= 0.6 is 22.6 Å². The van der Waals surface area contributed by atoms with E-state index in [2.05, 4.69) is 46.3 Å². The summed E-state index contributed by atoms with van der Waals surface area (Å²) >= 11 is 2.46. The molecule has 0 spiro atoms. The number of hydrogen-bond acceptors (Lipinski definition) is 6. The van der Waals surface area contributed by atoms with E-state index in [1.807, 2.05) is 0 Å². The molecule has 1 atom stereocenters. The third-order valence-electron chi connectivity index (χ3n) is 10.5. The summed E-state index contributed by atoms with van der Waals surface area (Å²) in [5.74, 6) is 0.151. The van der Waals surface area contributed by atoms with Crippen molar-refractivity contribution in [1.82, 2.24) is 4.90 Å². The lowest BCUT2D eigenvalue weighted by molar-refractivity contribution is -0.150. The highest BCUT2D eigenvalue weighted by Crippen LogP contribution is 2.18. The Balaban J connectivity index is 4.24. The van der Waals surface area contributed by atoms with E-state index in [1.165, 1.54) is 139 Å². The molecule has 8 nitrogen and oxygen atoms in total. The van der Waals surface area contributed by atoms with E-state index in [0.29, 0.717) is 26.0 Å². The van der Waals surface area contributed by atoms with Gasteiger partial charge in [0.15, 0.2) is 5.96 Å². The maximum absolute atomic E-state index is 12.8. The number of nitrogens with two attached hydrogens (primary N) is 2. The van der Waals surface area contributed by atoms with E-state index < -0.39 is 0 Å². The van der Waals surface area contributed by atoms with E-state index in [4.69, 9.17) is 20.9 Å². The largest absolute Gasteiger partial charge is 0.466 e. The fraction of sp³-hybridized carbons (Fsp3) is 0.933. The van der Waals surface area contributed by atoms with E-state index >= 15 is 0 Å². The number of hydrogen-bond donors (Lipinski definition) is 2. The highest BCUT2D eigenvalue weighted by molar-refractivity contribution is 14.1. The number of nitrogens with zero attached hydrogens (tertiary/aromatic N) is 2. The Bertz CT molecular complexity index is 826. The van der Waals surface area contributed by atoms with Gasteiger partial charge in [-0.05, 0) is 94.7 Å². The quantitative estimate of drug-likeness (QED) is 0.0156. The van der Waals surface area contributed by atoms with Crippen molar-refractivity contribution in [3.63, 3.8) is 0 Å². The number of halogens is 1. The monoisotopic (exact) mass is 877 g/mol. The van der Waals surface area contributed by atoms with Crippen LogP contribution in [-0.2, 0) is 19.1 Å². The molecule has 0 fully saturated rings. The van der Waals surface area contributed by atoms with Crippen molar-refractivity contribution in [3.05, 3.63) is 0 Å². The molecule has 0 aliphatic rings. The summed E-state index contributed by atoms with van der Waals surface area (Å²) < 4.78 is 12.7. The van der Waals surface area contributed by atoms with Crippen LogP contribution in [0.1, 0.15) is 226 Å². The minimum atomic E-state index is -0.0288. The van der Waals surface area contributed by atoms with Crippen molar-refractivity contribution in [1.29, 1.82) is 0 Å². The zero-order valence-corrected chi connectivity index (χ0v) is 37.9. The molecular formula is C45H89IN4O4. The second-order valence-corrected chi connectivity index (χ2v) is 16.9. The summed E-state index contributed by atoms with van der Waals surface area (Å²) in [6.07, 6.45) is 38.0. The summed E-state index contributed by atoms with van der Waals surface area (Å²) in [5.41, 5.74) is 11.1. The van der Waals surface area contributed by atoms with Gasteiger partial charge in [-0.15, -0.1) is 0 Å². The maximum atomic E-state index is 12.8. The summed E-state index contributed by atoms with van der Waals surface area (Å²) in [5, 5.41) is 0. The molecular weight excluding hydrogens is 787 g/mol. The van der Waals surface area contributed by atoms with Gasteiger partial charge in [-0.3, -0.25) is 14.6 Å². The summed E-state index contributed by atoms with van der Waals surface area (Å²) in [7, 11) is 0. The first kappa shape index (κ1) is 52.9. The Morgan fingerprint density at radius 2 is 0.963 bits per heavy atom. The lowest BCUT2D eigenvalue weighted by atomic mass is 10.0. The van der Waals surface area contributed by atoms with Gasteiger partial charge in [0.05, 0.1) is 6.61 Å². The van der Waals surface area contributed by atoms with Gasteiger partial charge in [-0.1, -0.05) is 165 Å². The highest BCUT2D eigenvalue weighted by atomic mass is 127. The van der Waals surface area contributed by atoms with Crippen LogP contribution < -0.4 is 11.5 Å². The molecule has 4 N–H and O–H groups in total. The Kier molecular flexibility index (Phi) is 42.2. The Hall–Kier alpha value is -1.10. The van der Waals surface area contributed by atoms with Crippen LogP contribution in [0.15, 0.2) is 4.99 Å². The SMILES string of the molecule is CCCCCCCCCOC(=O)CCCCCCCN(CCCCCCCC(=O)OC(CCCCCCCC)CCCCCCCI)CCCN=C(N)N. The van der Waals surface area contributed by atoms with Gasteiger partial charge in [-0.25, -0.2) is 0 Å². The Morgan fingerprint density at radius 3 is 1.48 bits per heavy atom. The molecule has 0 aliphatic carbocycles. The number of carbonyl (C=O) groups excluding carboxylic acids is 2. The number of esters is 2. The molecule has 1 unspecified atom stereocenters. The third kappa shape index (κ3) is 40.6. The second kappa shape index (κ2) is 43.0. The van der Waals surface area contributed by atoms with Crippen LogP contribution in [0.5, 0.6) is 0 Å². The molecule has 0 aromatic heterocycles. The molecule has 0 rings (SSSR count). The number of carbonyl (C=O) groups is 2. The predicted molar refractivity (Wildman–Crippen MR) is 241 cm³/mol. The van der Waals surface area contributed by atoms with Gasteiger partial charge in [-0.2, -0.15) is 0 Å². The standard InChI is InChI=1S/C45H89IN4O4/c1-3-5-7-9-11-22-30-41-53-43(51)34-25-17-13-20-28-38-50(40-31-37-49-45(47)48)39-29-21-14-18-26-35-44(52)54-42(32-23-15-10-8-6-4-2)33-24-16-12-19-27-36-46/h42H,3-41H2,1-2H3,(H4,47,48,49). The van der Waals surface area contributed by atoms with E-state index in [0.717, 1.165) is 83.8 Å². The van der Waals surface area contributed by atoms with Crippen LogP contribution in [0.25, 0.3) is 0 Å². The van der Waals surface area contributed by atoms with E-state index in [-0.39, 0.29) is 24.0 Å². The molecule has 0 amide bonds. The molecule has 9 heteroatoms. The lowest BCUT2D eigenvalue weighted by Crippen LogP contribution is -2.28. The topological polar surface area (TPSA) is 120 Å². The molecule has 0 saturated carbocycles. The third-order valence-corrected chi connectivity index (χ3v) is 11.2. The molecule has 0 bridgehead atoms. The zero-order chi connectivity index (χ0) is 39.6. The molecule has 0 aromatic carbocycles. The first-order chi connectivity index (χ1) is 26.4. The Labute approximate surface area is 348 Å². The number of aliphatic imine (C=N–C) groups is 1. The summed E-state index contributed by atoms with van der Waals surface area (Å²) in [6.45, 7) is 8.94. The Morgan fingerprint density at radius 1 is 0.537 bits per heavy atom. The van der Waals surface area contributed by atoms with Crippen LogP contribution in [0, 0.1) is 0 Å². The first-order valence-corrected chi connectivity index (χ1v) is 24.6. The minimum absolute atomic E-state index is 0.0154. The average molecular weight is 877 g/mol. The molecule has 0 saturated heterocycles. The number of guanidine groups is 1. The van der Waals surface area contributed by atoms with Crippen molar-refractivity contribution >= 4 is 40.5 Å². The minimum Gasteiger partial charge on any atom is -0.466 e. The van der Waals surface area contributed by atoms with Crippen molar-refractivity contribution in [3.8, 4) is 0 Å². The van der Waals surface area contributed by atoms with Gasteiger partial charge < -0.3 is 25.8 Å². The fourth-order valence-corrected chi connectivity index (χ4v) is 7.62. The van der Waals surface area contributed by atoms with Gasteiger partial charge in [0.2, 0.25) is 0 Å². The molecule has 54 heavy (non-hydrogen) atoms. The van der Waals surface area contributed by atoms with Crippen LogP contribution in [0.2, 0.25) is 0 Å². The van der Waals surface area contributed by atoms with Crippen LogP contribution in [0.3, 0.4) is 0 Å². The molecule has 0 heterocycles. The molecule has 0 radical (unpaired) electrons. The zero-order valence-electron chi connectivity index (χ0n) is 35.7. The van der Waals surface area contributed by atoms with Gasteiger partial charge >= 0.3 is 11.9 Å². The van der Waals surface area contributed by atoms with Crippen molar-refractivity contribution in [2.24, 2.45) is 16.5 Å². The second-order valence-electron chi connectivity index (χ2n) is 15.8. The maximum Gasteiger partial charge on any atom is 0.306 e. The first-order valence-electron chi connectivity index (χ1n) is 23.1. The number of ether oxygens (including phenoxy) is 2. The van der Waals surface area contributed by atoms with Crippen molar-refractivity contribution in [2.75, 3.05) is 37.2 Å². The fourth-order valence-electron chi connectivity index (χ4n) is 7.08. The lowest BCUT2D eigenvalue weighted by Gasteiger charge is -2.22. The van der Waals surface area contributed by atoms with Crippen LogP contribution in [0.4, 0.5) is 0 Å². The molecule has 320 valence electrons. The van der Waals surface area contributed by atoms with Crippen LogP contribution in [-0.4, -0.2) is 66.1 Å². The smallest absolute Gasteiger partial charge is 0.306 e.